The van der Waals surface area contributed by atoms with Crippen molar-refractivity contribution in [2.24, 2.45) is 15.9 Å². The van der Waals surface area contributed by atoms with Crippen LogP contribution in [0.2, 0.25) is 0 Å². The number of hydrogen-bond donors (Lipinski definition) is 2. The molecule has 0 saturated carbocycles. The molecule has 0 aliphatic heterocycles. The van der Waals surface area contributed by atoms with Gasteiger partial charge in [-0.05, 0) is 46.5 Å². The zero-order chi connectivity index (χ0) is 23.8. The zero-order valence-corrected chi connectivity index (χ0v) is 20.0. The molecule has 0 aromatic carbocycles. The third kappa shape index (κ3) is 10.2. The number of hydrogen-bond acceptors (Lipinski definition) is 6. The zero-order valence-electron chi connectivity index (χ0n) is 20.0. The van der Waals surface area contributed by atoms with E-state index in [9.17, 15) is 4.79 Å². The van der Waals surface area contributed by atoms with E-state index in [2.05, 4.69) is 39.2 Å². The number of aromatic nitrogens is 2. The van der Waals surface area contributed by atoms with Crippen LogP contribution in [-0.2, 0) is 11.2 Å². The first-order chi connectivity index (χ1) is 15.4. The molecule has 0 bridgehead atoms. The summed E-state index contributed by atoms with van der Waals surface area (Å²) in [4.78, 5) is 21.8. The predicted molar refractivity (Wildman–Crippen MR) is 134 cm³/mol. The summed E-state index contributed by atoms with van der Waals surface area (Å²) in [7, 11) is 3.94. The molecule has 0 amide bonds. The minimum atomic E-state index is -0.269. The Bertz CT molecular complexity index is 911. The summed E-state index contributed by atoms with van der Waals surface area (Å²) in [6, 6.07) is 0. The molecule has 0 spiro atoms. The van der Waals surface area contributed by atoms with Crippen molar-refractivity contribution in [3.8, 4) is 0 Å². The molecule has 2 N–H and O–H groups in total. The summed E-state index contributed by atoms with van der Waals surface area (Å²) in [6.45, 7) is 7.78. The molecule has 7 heteroatoms. The van der Waals surface area contributed by atoms with Gasteiger partial charge in [-0.3, -0.25) is 15.0 Å². The highest BCUT2D eigenvalue weighted by Crippen LogP contribution is 2.11. The summed E-state index contributed by atoms with van der Waals surface area (Å²) >= 11 is 0. The van der Waals surface area contributed by atoms with Crippen LogP contribution < -0.4 is 5.32 Å². The van der Waals surface area contributed by atoms with Crippen molar-refractivity contribution in [1.29, 1.82) is 0 Å². The molecular formula is C25H36N6O. The van der Waals surface area contributed by atoms with Crippen molar-refractivity contribution in [1.82, 2.24) is 20.4 Å². The molecule has 2 unspecified atom stereocenters. The highest BCUT2D eigenvalue weighted by atomic mass is 16.1. The maximum absolute atomic E-state index is 10.9. The highest BCUT2D eigenvalue weighted by molar-refractivity contribution is 5.99. The molecular weight excluding hydrogens is 400 g/mol. The lowest BCUT2D eigenvalue weighted by molar-refractivity contribution is -0.109. The van der Waals surface area contributed by atoms with Crippen molar-refractivity contribution < 1.29 is 4.79 Å². The number of carbonyl (C=O) groups is 1. The van der Waals surface area contributed by atoms with E-state index in [0.29, 0.717) is 6.42 Å². The van der Waals surface area contributed by atoms with Crippen LogP contribution in [0, 0.1) is 5.92 Å². The Hall–Kier alpha value is -3.28. The standard InChI is InChI=1S/C25H36N6O/c1-7-13-22(16-15-20(3)19-32)29-25(31(5)6)28-21(4)23-18-27-30-24(23)14-11-9-10-12-17-26-8-2/h8-11,13,15-20,25,29H,7,14H2,1-6H3,(H,27,30)/b11-9?,16-15-,22-13+,26-8?,28-21?. The van der Waals surface area contributed by atoms with E-state index in [0.717, 1.165) is 35.4 Å². The van der Waals surface area contributed by atoms with E-state index < -0.39 is 0 Å². The van der Waals surface area contributed by atoms with Gasteiger partial charge in [0.15, 0.2) is 6.29 Å². The summed E-state index contributed by atoms with van der Waals surface area (Å²) in [6.07, 6.45) is 19.0. The first-order valence-corrected chi connectivity index (χ1v) is 10.8. The van der Waals surface area contributed by atoms with Gasteiger partial charge in [0.25, 0.3) is 0 Å². The Morgan fingerprint density at radius 3 is 2.84 bits per heavy atom. The SMILES string of the molecule is CC=NC=C=CC=CCc1[nH]ncc1C(C)=NC(NC(/C=C\C(C)C=O)=C/CC)N(C)C. The number of allylic oxidation sites excluding steroid dienone is 6. The van der Waals surface area contributed by atoms with Crippen LogP contribution in [0.3, 0.4) is 0 Å². The average molecular weight is 437 g/mol. The van der Waals surface area contributed by atoms with Gasteiger partial charge in [0.05, 0.1) is 12.4 Å². The lowest BCUT2D eigenvalue weighted by Crippen LogP contribution is -2.39. The average Bonchev–Trinajstić information content (AvgIpc) is 3.24. The maximum atomic E-state index is 10.9. The fourth-order valence-corrected chi connectivity index (χ4v) is 2.63. The van der Waals surface area contributed by atoms with Gasteiger partial charge in [-0.1, -0.05) is 38.2 Å². The lowest BCUT2D eigenvalue weighted by atomic mass is 10.1. The third-order valence-corrected chi connectivity index (χ3v) is 4.38. The number of nitrogens with one attached hydrogen (secondary N) is 2. The van der Waals surface area contributed by atoms with Crippen LogP contribution in [0.5, 0.6) is 0 Å². The van der Waals surface area contributed by atoms with Gasteiger partial charge in [-0.15, -0.1) is 5.73 Å². The Morgan fingerprint density at radius 2 is 2.19 bits per heavy atom. The molecule has 32 heavy (non-hydrogen) atoms. The predicted octanol–water partition coefficient (Wildman–Crippen LogP) is 4.20. The molecule has 0 saturated heterocycles. The summed E-state index contributed by atoms with van der Waals surface area (Å²) in [5.74, 6) is -0.133. The minimum Gasteiger partial charge on any atom is -0.352 e. The Labute approximate surface area is 192 Å². The second-order valence-electron chi connectivity index (χ2n) is 7.38. The van der Waals surface area contributed by atoms with Crippen molar-refractivity contribution in [3.05, 3.63) is 71.5 Å². The van der Waals surface area contributed by atoms with E-state index in [4.69, 9.17) is 4.99 Å². The number of aliphatic imine (C=N–C) groups is 2. The molecule has 1 heterocycles. The number of aldehydes is 1. The molecule has 1 aromatic rings. The largest absolute Gasteiger partial charge is 0.352 e. The van der Waals surface area contributed by atoms with Crippen LogP contribution in [-0.4, -0.2) is 53.7 Å². The van der Waals surface area contributed by atoms with Crippen molar-refractivity contribution in [3.63, 3.8) is 0 Å². The molecule has 0 aliphatic rings. The summed E-state index contributed by atoms with van der Waals surface area (Å²) in [5, 5.41) is 10.7. The fourth-order valence-electron chi connectivity index (χ4n) is 2.63. The molecule has 0 fully saturated rings. The number of H-pyrrole nitrogens is 1. The summed E-state index contributed by atoms with van der Waals surface area (Å²) < 4.78 is 0. The molecule has 0 radical (unpaired) electrons. The number of aromatic amines is 1. The van der Waals surface area contributed by atoms with Gasteiger partial charge >= 0.3 is 0 Å². The van der Waals surface area contributed by atoms with Gasteiger partial charge in [0.2, 0.25) is 0 Å². The van der Waals surface area contributed by atoms with Gasteiger partial charge in [0.1, 0.15) is 6.29 Å². The second kappa shape index (κ2) is 15.5. The van der Waals surface area contributed by atoms with Crippen LogP contribution >= 0.6 is 0 Å². The van der Waals surface area contributed by atoms with Gasteiger partial charge in [-0.25, -0.2) is 4.99 Å². The molecule has 1 aromatic heterocycles. The van der Waals surface area contributed by atoms with Crippen LogP contribution in [0.1, 0.15) is 45.4 Å². The van der Waals surface area contributed by atoms with Crippen LogP contribution in [0.4, 0.5) is 0 Å². The Morgan fingerprint density at radius 1 is 1.41 bits per heavy atom. The van der Waals surface area contributed by atoms with Crippen molar-refractivity contribution in [2.45, 2.75) is 46.8 Å². The second-order valence-corrected chi connectivity index (χ2v) is 7.38. The molecule has 2 atom stereocenters. The van der Waals surface area contributed by atoms with E-state index in [1.54, 1.807) is 18.6 Å². The number of carbonyl (C=O) groups excluding carboxylic acids is 1. The van der Waals surface area contributed by atoms with E-state index in [-0.39, 0.29) is 12.2 Å². The Balaban J connectivity index is 2.99. The van der Waals surface area contributed by atoms with Gasteiger partial charge in [-0.2, -0.15) is 5.10 Å². The van der Waals surface area contributed by atoms with Crippen molar-refractivity contribution in [2.75, 3.05) is 14.1 Å². The monoisotopic (exact) mass is 436 g/mol. The highest BCUT2D eigenvalue weighted by Gasteiger charge is 2.13. The Kier molecular flexibility index (Phi) is 13.0. The van der Waals surface area contributed by atoms with Gasteiger partial charge < -0.3 is 10.1 Å². The minimum absolute atomic E-state index is 0.133. The quantitative estimate of drug-likeness (QED) is 0.160. The van der Waals surface area contributed by atoms with E-state index in [1.807, 2.05) is 70.1 Å². The van der Waals surface area contributed by atoms with Gasteiger partial charge in [0, 0.05) is 41.2 Å². The summed E-state index contributed by atoms with van der Waals surface area (Å²) in [5.41, 5.74) is 6.74. The lowest BCUT2D eigenvalue weighted by Gasteiger charge is -2.24. The van der Waals surface area contributed by atoms with E-state index in [1.165, 1.54) is 0 Å². The third-order valence-electron chi connectivity index (χ3n) is 4.38. The van der Waals surface area contributed by atoms with Crippen LogP contribution in [0.25, 0.3) is 0 Å². The number of rotatable bonds is 13. The molecule has 7 nitrogen and oxygen atoms in total. The molecule has 1 rings (SSSR count). The molecule has 172 valence electrons. The smallest absolute Gasteiger partial charge is 0.176 e. The topological polar surface area (TPSA) is 85.7 Å². The fraction of sp³-hybridized carbons (Fsp3) is 0.400. The number of nitrogens with zero attached hydrogens (tertiary/aromatic N) is 4. The normalized spacial score (nSPS) is 14.8. The van der Waals surface area contributed by atoms with Crippen LogP contribution in [0.15, 0.2) is 70.3 Å². The molecule has 0 aliphatic carbocycles. The first kappa shape index (κ1) is 26.8. The van der Waals surface area contributed by atoms with E-state index >= 15 is 0 Å². The van der Waals surface area contributed by atoms with Crippen molar-refractivity contribution >= 4 is 18.2 Å². The maximum Gasteiger partial charge on any atom is 0.176 e. The first-order valence-electron chi connectivity index (χ1n) is 10.8.